The molecule has 5 heteroatoms. The molecule has 3 rings (SSSR count). The first-order valence-corrected chi connectivity index (χ1v) is 5.05. The van der Waals surface area contributed by atoms with Crippen molar-refractivity contribution in [2.45, 2.75) is 0 Å². The van der Waals surface area contributed by atoms with E-state index in [0.29, 0.717) is 11.6 Å². The van der Waals surface area contributed by atoms with Gasteiger partial charge >= 0.3 is 0 Å². The number of halogens is 1. The first kappa shape index (κ1) is 9.77. The lowest BCUT2D eigenvalue weighted by atomic mass is 10.3. The molecule has 0 N–H and O–H groups in total. The van der Waals surface area contributed by atoms with Gasteiger partial charge in [0.05, 0.1) is 0 Å². The molecule has 0 aliphatic carbocycles. The predicted molar refractivity (Wildman–Crippen MR) is 59.5 cm³/mol. The third kappa shape index (κ3) is 1.94. The molecule has 1 aromatic carbocycles. The summed E-state index contributed by atoms with van der Waals surface area (Å²) in [7, 11) is 0. The Hall–Kier alpha value is -2.43. The number of fused-ring (bicyclic) bond motifs is 1. The number of nitrogens with zero attached hydrogens (tertiary/aromatic N) is 3. The molecule has 0 saturated carbocycles. The second-order valence-corrected chi connectivity index (χ2v) is 3.46. The van der Waals surface area contributed by atoms with Gasteiger partial charge in [-0.1, -0.05) is 0 Å². The van der Waals surface area contributed by atoms with Gasteiger partial charge in [-0.15, -0.1) is 5.10 Å². The summed E-state index contributed by atoms with van der Waals surface area (Å²) in [5.41, 5.74) is 0.747. The maximum atomic E-state index is 12.7. The van der Waals surface area contributed by atoms with Crippen LogP contribution in [0.15, 0.2) is 48.8 Å². The highest BCUT2D eigenvalue weighted by molar-refractivity contribution is 5.38. The van der Waals surface area contributed by atoms with Crippen molar-refractivity contribution in [2.75, 3.05) is 0 Å². The first-order valence-electron chi connectivity index (χ1n) is 5.05. The van der Waals surface area contributed by atoms with E-state index in [0.717, 1.165) is 5.65 Å². The highest BCUT2D eigenvalue weighted by atomic mass is 19.1. The highest BCUT2D eigenvalue weighted by Gasteiger charge is 2.01. The summed E-state index contributed by atoms with van der Waals surface area (Å²) in [5, 5.41) is 4.19. The van der Waals surface area contributed by atoms with Crippen molar-refractivity contribution in [1.82, 2.24) is 14.6 Å². The van der Waals surface area contributed by atoms with Crippen LogP contribution in [0.3, 0.4) is 0 Å². The van der Waals surface area contributed by atoms with Gasteiger partial charge in [-0.25, -0.2) is 13.9 Å². The molecule has 2 aromatic heterocycles. The number of hydrogen-bond donors (Lipinski definition) is 0. The van der Waals surface area contributed by atoms with E-state index >= 15 is 0 Å². The van der Waals surface area contributed by atoms with Crippen LogP contribution in [0, 0.1) is 5.82 Å². The zero-order valence-electron chi connectivity index (χ0n) is 8.75. The summed E-state index contributed by atoms with van der Waals surface area (Å²) >= 11 is 0. The average Bonchev–Trinajstić information content (AvgIpc) is 2.79. The molecule has 0 atom stereocenters. The van der Waals surface area contributed by atoms with E-state index in [1.165, 1.54) is 12.1 Å². The maximum Gasteiger partial charge on any atom is 0.237 e. The summed E-state index contributed by atoms with van der Waals surface area (Å²) in [6.07, 6.45) is 3.39. The lowest BCUT2D eigenvalue weighted by molar-refractivity contribution is 0.451. The van der Waals surface area contributed by atoms with Gasteiger partial charge in [0.1, 0.15) is 11.6 Å². The first-order chi connectivity index (χ1) is 8.31. The summed E-state index contributed by atoms with van der Waals surface area (Å²) in [5.74, 6) is 0.677. The van der Waals surface area contributed by atoms with Gasteiger partial charge in [-0.05, 0) is 30.3 Å². The van der Waals surface area contributed by atoms with E-state index in [-0.39, 0.29) is 5.82 Å². The fourth-order valence-corrected chi connectivity index (χ4v) is 1.48. The highest BCUT2D eigenvalue weighted by Crippen LogP contribution is 2.19. The summed E-state index contributed by atoms with van der Waals surface area (Å²) in [6.45, 7) is 0. The topological polar surface area (TPSA) is 39.4 Å². The molecule has 0 aliphatic heterocycles. The Bertz CT molecular complexity index is 648. The third-order valence-corrected chi connectivity index (χ3v) is 2.27. The number of aromatic nitrogens is 3. The molecule has 0 saturated heterocycles. The minimum atomic E-state index is -0.296. The largest absolute Gasteiger partial charge is 0.438 e. The van der Waals surface area contributed by atoms with Crippen LogP contribution in [0.5, 0.6) is 11.6 Å². The van der Waals surface area contributed by atoms with E-state index in [2.05, 4.69) is 10.1 Å². The Labute approximate surface area is 96.3 Å². The van der Waals surface area contributed by atoms with Crippen molar-refractivity contribution in [3.8, 4) is 11.6 Å². The molecule has 0 aliphatic rings. The monoisotopic (exact) mass is 229 g/mol. The van der Waals surface area contributed by atoms with Crippen molar-refractivity contribution in [1.29, 1.82) is 0 Å². The van der Waals surface area contributed by atoms with E-state index in [1.807, 2.05) is 0 Å². The lowest BCUT2D eigenvalue weighted by Crippen LogP contribution is -1.94. The van der Waals surface area contributed by atoms with Gasteiger partial charge in [0, 0.05) is 18.5 Å². The van der Waals surface area contributed by atoms with Gasteiger partial charge in [-0.3, -0.25) is 0 Å². The molecular formula is C12H8FN3O. The van der Waals surface area contributed by atoms with Gasteiger partial charge < -0.3 is 4.74 Å². The van der Waals surface area contributed by atoms with E-state index < -0.39 is 0 Å². The molecule has 0 spiro atoms. The Kier molecular flexibility index (Phi) is 2.22. The zero-order chi connectivity index (χ0) is 11.7. The Balaban J connectivity index is 1.91. The Morgan fingerprint density at radius 1 is 1.06 bits per heavy atom. The van der Waals surface area contributed by atoms with E-state index in [4.69, 9.17) is 4.74 Å². The quantitative estimate of drug-likeness (QED) is 0.678. The maximum absolute atomic E-state index is 12.7. The number of rotatable bonds is 2. The molecule has 2 heterocycles. The van der Waals surface area contributed by atoms with Crippen LogP contribution < -0.4 is 4.74 Å². The van der Waals surface area contributed by atoms with Crippen molar-refractivity contribution in [2.24, 2.45) is 0 Å². The summed E-state index contributed by atoms with van der Waals surface area (Å²) < 4.78 is 19.8. The Morgan fingerprint density at radius 2 is 1.88 bits per heavy atom. The summed E-state index contributed by atoms with van der Waals surface area (Å²) in [4.78, 5) is 4.07. The van der Waals surface area contributed by atoms with E-state index in [9.17, 15) is 4.39 Å². The second kappa shape index (κ2) is 3.86. The number of ether oxygens (including phenoxy) is 1. The van der Waals surface area contributed by atoms with E-state index in [1.54, 1.807) is 41.2 Å². The molecular weight excluding hydrogens is 221 g/mol. The van der Waals surface area contributed by atoms with Crippen LogP contribution >= 0.6 is 0 Å². The molecule has 17 heavy (non-hydrogen) atoms. The van der Waals surface area contributed by atoms with Crippen LogP contribution in [0.1, 0.15) is 0 Å². The fourth-order valence-electron chi connectivity index (χ4n) is 1.48. The van der Waals surface area contributed by atoms with Crippen molar-refractivity contribution in [3.63, 3.8) is 0 Å². The SMILES string of the molecule is Fc1ccc(Oc2ccc3nccn3n2)cc1. The average molecular weight is 229 g/mol. The van der Waals surface area contributed by atoms with Crippen LogP contribution in [0.4, 0.5) is 4.39 Å². The minimum Gasteiger partial charge on any atom is -0.438 e. The number of benzene rings is 1. The molecule has 3 aromatic rings. The minimum absolute atomic E-state index is 0.296. The summed E-state index contributed by atoms with van der Waals surface area (Å²) in [6, 6.07) is 9.29. The van der Waals surface area contributed by atoms with Gasteiger partial charge in [0.2, 0.25) is 5.88 Å². The molecule has 0 unspecified atom stereocenters. The number of hydrogen-bond acceptors (Lipinski definition) is 3. The second-order valence-electron chi connectivity index (χ2n) is 3.46. The molecule has 0 radical (unpaired) electrons. The number of imidazole rings is 1. The van der Waals surface area contributed by atoms with Crippen LogP contribution in [-0.4, -0.2) is 14.6 Å². The van der Waals surface area contributed by atoms with Crippen molar-refractivity contribution < 1.29 is 9.13 Å². The molecule has 84 valence electrons. The fraction of sp³-hybridized carbons (Fsp3) is 0. The van der Waals surface area contributed by atoms with Gasteiger partial charge in [-0.2, -0.15) is 0 Å². The van der Waals surface area contributed by atoms with Crippen LogP contribution in [0.2, 0.25) is 0 Å². The van der Waals surface area contributed by atoms with Crippen LogP contribution in [-0.2, 0) is 0 Å². The van der Waals surface area contributed by atoms with Crippen molar-refractivity contribution >= 4 is 5.65 Å². The standard InChI is InChI=1S/C12H8FN3O/c13-9-1-3-10(4-2-9)17-12-6-5-11-14-7-8-16(11)15-12/h1-8H. The lowest BCUT2D eigenvalue weighted by Gasteiger charge is -2.04. The van der Waals surface area contributed by atoms with Crippen molar-refractivity contribution in [3.05, 3.63) is 54.6 Å². The van der Waals surface area contributed by atoms with Gasteiger partial charge in [0.15, 0.2) is 5.65 Å². The molecule has 4 nitrogen and oxygen atoms in total. The molecule has 0 bridgehead atoms. The third-order valence-electron chi connectivity index (χ3n) is 2.27. The van der Waals surface area contributed by atoms with Gasteiger partial charge in [0.25, 0.3) is 0 Å². The van der Waals surface area contributed by atoms with Crippen LogP contribution in [0.25, 0.3) is 5.65 Å². The Morgan fingerprint density at radius 3 is 2.71 bits per heavy atom. The molecule has 0 amide bonds. The zero-order valence-corrected chi connectivity index (χ0v) is 8.75. The molecule has 0 fully saturated rings. The predicted octanol–water partition coefficient (Wildman–Crippen LogP) is 2.66. The smallest absolute Gasteiger partial charge is 0.237 e. The normalized spacial score (nSPS) is 10.6.